The lowest BCUT2D eigenvalue weighted by Gasteiger charge is -2.06. The molecule has 0 atom stereocenters. The van der Waals surface area contributed by atoms with E-state index in [-0.39, 0.29) is 5.91 Å². The van der Waals surface area contributed by atoms with Gasteiger partial charge < -0.3 is 9.88 Å². The third-order valence-electron chi connectivity index (χ3n) is 4.46. The fraction of sp³-hybridized carbons (Fsp3) is 0.263. The van der Waals surface area contributed by atoms with Gasteiger partial charge in [-0.25, -0.2) is 0 Å². The molecule has 0 radical (unpaired) electrons. The highest BCUT2D eigenvalue weighted by Gasteiger charge is 2.14. The zero-order chi connectivity index (χ0) is 17.4. The van der Waals surface area contributed by atoms with Crippen molar-refractivity contribution in [3.05, 3.63) is 53.2 Å². The van der Waals surface area contributed by atoms with Crippen LogP contribution in [0.15, 0.2) is 42.6 Å². The summed E-state index contributed by atoms with van der Waals surface area (Å²) >= 11 is 1.49. The number of aryl methyl sites for hydroxylation is 3. The van der Waals surface area contributed by atoms with Crippen LogP contribution in [0.1, 0.15) is 21.8 Å². The molecule has 4 rings (SSSR count). The molecule has 1 aromatic carbocycles. The standard InChI is InChI=1S/C19H20N4OS/c1-13-15-12-17(25-19(15)22(2)21-13)18(24)20-9-5-10-23-11-8-14-6-3-4-7-16(14)23/h3-4,6-8,11-12H,5,9-10H2,1-2H3,(H,20,24). The summed E-state index contributed by atoms with van der Waals surface area (Å²) in [5.74, 6) is -0.00189. The molecule has 1 amide bonds. The summed E-state index contributed by atoms with van der Waals surface area (Å²) in [7, 11) is 1.91. The number of hydrogen-bond acceptors (Lipinski definition) is 3. The topological polar surface area (TPSA) is 51.9 Å². The summed E-state index contributed by atoms with van der Waals surface area (Å²) in [4.78, 5) is 14.2. The van der Waals surface area contributed by atoms with Crippen LogP contribution < -0.4 is 5.32 Å². The Morgan fingerprint density at radius 3 is 2.96 bits per heavy atom. The molecule has 0 unspecified atom stereocenters. The third-order valence-corrected chi connectivity index (χ3v) is 5.66. The molecule has 25 heavy (non-hydrogen) atoms. The summed E-state index contributed by atoms with van der Waals surface area (Å²) in [5.41, 5.74) is 2.20. The van der Waals surface area contributed by atoms with Crippen LogP contribution in [0.4, 0.5) is 0 Å². The summed E-state index contributed by atoms with van der Waals surface area (Å²) in [6.45, 7) is 3.53. The molecule has 5 nitrogen and oxygen atoms in total. The van der Waals surface area contributed by atoms with E-state index in [1.165, 1.54) is 22.2 Å². The molecule has 0 aliphatic carbocycles. The fourth-order valence-electron chi connectivity index (χ4n) is 3.19. The van der Waals surface area contributed by atoms with Gasteiger partial charge in [-0.05, 0) is 36.9 Å². The van der Waals surface area contributed by atoms with E-state index in [1.54, 1.807) is 0 Å². The van der Waals surface area contributed by atoms with Crippen LogP contribution in [0, 0.1) is 6.92 Å². The van der Waals surface area contributed by atoms with Gasteiger partial charge in [-0.1, -0.05) is 18.2 Å². The number of nitrogens with zero attached hydrogens (tertiary/aromatic N) is 3. The maximum Gasteiger partial charge on any atom is 0.261 e. The first-order valence-corrected chi connectivity index (χ1v) is 9.20. The molecule has 6 heteroatoms. The highest BCUT2D eigenvalue weighted by atomic mass is 32.1. The number of aromatic nitrogens is 3. The van der Waals surface area contributed by atoms with Crippen LogP contribution in [0.3, 0.4) is 0 Å². The van der Waals surface area contributed by atoms with E-state index in [4.69, 9.17) is 0 Å². The highest BCUT2D eigenvalue weighted by Crippen LogP contribution is 2.27. The number of nitrogens with one attached hydrogen (secondary N) is 1. The molecule has 0 saturated heterocycles. The zero-order valence-electron chi connectivity index (χ0n) is 14.3. The van der Waals surface area contributed by atoms with Crippen molar-refractivity contribution in [3.63, 3.8) is 0 Å². The lowest BCUT2D eigenvalue weighted by Crippen LogP contribution is -2.24. The van der Waals surface area contributed by atoms with Gasteiger partial charge in [0.2, 0.25) is 0 Å². The number of benzene rings is 1. The van der Waals surface area contributed by atoms with Gasteiger partial charge in [-0.3, -0.25) is 9.48 Å². The number of fused-ring (bicyclic) bond motifs is 2. The summed E-state index contributed by atoms with van der Waals surface area (Å²) in [6.07, 6.45) is 3.00. The second kappa shape index (κ2) is 6.37. The number of hydrogen-bond donors (Lipinski definition) is 1. The molecule has 3 aromatic heterocycles. The van der Waals surface area contributed by atoms with Crippen molar-refractivity contribution < 1.29 is 4.79 Å². The average Bonchev–Trinajstić information content (AvgIpc) is 3.28. The van der Waals surface area contributed by atoms with Gasteiger partial charge in [0.25, 0.3) is 5.91 Å². The van der Waals surface area contributed by atoms with Crippen molar-refractivity contribution >= 4 is 38.4 Å². The molecular weight excluding hydrogens is 332 g/mol. The Kier molecular flexibility index (Phi) is 4.05. The van der Waals surface area contributed by atoms with Gasteiger partial charge in [-0.2, -0.15) is 5.10 Å². The lowest BCUT2D eigenvalue weighted by molar-refractivity contribution is 0.0957. The minimum absolute atomic E-state index is 0.00189. The predicted octanol–water partition coefficient (Wildman–Crippen LogP) is 3.72. The van der Waals surface area contributed by atoms with Crippen LogP contribution in [0.25, 0.3) is 21.1 Å². The average molecular weight is 352 g/mol. The number of carbonyl (C=O) groups excluding carboxylic acids is 1. The van der Waals surface area contributed by atoms with Gasteiger partial charge in [0.15, 0.2) is 0 Å². The molecule has 3 heterocycles. The molecule has 0 aliphatic heterocycles. The second-order valence-corrected chi connectivity index (χ2v) is 7.25. The second-order valence-electron chi connectivity index (χ2n) is 6.22. The van der Waals surface area contributed by atoms with Crippen LogP contribution in [0.2, 0.25) is 0 Å². The van der Waals surface area contributed by atoms with Crippen LogP contribution >= 0.6 is 11.3 Å². The number of thiophene rings is 1. The SMILES string of the molecule is Cc1nn(C)c2sc(C(=O)NCCCn3ccc4ccccc43)cc12. The van der Waals surface area contributed by atoms with E-state index in [1.807, 2.05) is 24.7 Å². The number of para-hydroxylation sites is 1. The molecular formula is C19H20N4OS. The predicted molar refractivity (Wildman–Crippen MR) is 102 cm³/mol. The van der Waals surface area contributed by atoms with Crippen molar-refractivity contribution in [1.29, 1.82) is 0 Å². The smallest absolute Gasteiger partial charge is 0.261 e. The first kappa shape index (κ1) is 15.9. The monoisotopic (exact) mass is 352 g/mol. The van der Waals surface area contributed by atoms with E-state index in [0.29, 0.717) is 6.54 Å². The Morgan fingerprint density at radius 2 is 2.12 bits per heavy atom. The Hall–Kier alpha value is -2.60. The zero-order valence-corrected chi connectivity index (χ0v) is 15.1. The molecule has 0 bridgehead atoms. The first-order chi connectivity index (χ1) is 12.1. The number of carbonyl (C=O) groups is 1. The van der Waals surface area contributed by atoms with E-state index in [9.17, 15) is 4.79 Å². The minimum Gasteiger partial charge on any atom is -0.351 e. The van der Waals surface area contributed by atoms with Crippen LogP contribution in [-0.2, 0) is 13.6 Å². The molecule has 128 valence electrons. The van der Waals surface area contributed by atoms with E-state index in [0.717, 1.165) is 33.8 Å². The highest BCUT2D eigenvalue weighted by molar-refractivity contribution is 7.20. The molecule has 0 saturated carbocycles. The Labute approximate surface area is 149 Å². The van der Waals surface area contributed by atoms with Crippen molar-refractivity contribution in [3.8, 4) is 0 Å². The lowest BCUT2D eigenvalue weighted by atomic mass is 10.2. The Balaban J connectivity index is 1.36. The molecule has 0 aliphatic rings. The summed E-state index contributed by atoms with van der Waals surface area (Å²) in [6, 6.07) is 12.4. The normalized spacial score (nSPS) is 11.4. The summed E-state index contributed by atoms with van der Waals surface area (Å²) < 4.78 is 4.07. The maximum absolute atomic E-state index is 12.4. The van der Waals surface area contributed by atoms with Crippen LogP contribution in [0.5, 0.6) is 0 Å². The fourth-order valence-corrected chi connectivity index (χ4v) is 4.23. The quantitative estimate of drug-likeness (QED) is 0.557. The van der Waals surface area contributed by atoms with Crippen LogP contribution in [-0.4, -0.2) is 26.8 Å². The minimum atomic E-state index is -0.00189. The Bertz CT molecular complexity index is 1020. The first-order valence-electron chi connectivity index (χ1n) is 8.39. The van der Waals surface area contributed by atoms with Crippen molar-refractivity contribution in [2.24, 2.45) is 7.05 Å². The van der Waals surface area contributed by atoms with Gasteiger partial charge in [0.05, 0.1) is 10.6 Å². The molecule has 0 fully saturated rings. The molecule has 1 N–H and O–H groups in total. The van der Waals surface area contributed by atoms with E-state index >= 15 is 0 Å². The molecule has 4 aromatic rings. The van der Waals surface area contributed by atoms with E-state index < -0.39 is 0 Å². The number of rotatable bonds is 5. The van der Waals surface area contributed by atoms with Gasteiger partial charge >= 0.3 is 0 Å². The summed E-state index contributed by atoms with van der Waals surface area (Å²) in [5, 5.41) is 9.72. The van der Waals surface area contributed by atoms with Crippen molar-refractivity contribution in [2.75, 3.05) is 6.54 Å². The van der Waals surface area contributed by atoms with Gasteiger partial charge in [0, 0.05) is 37.2 Å². The number of amides is 1. The largest absolute Gasteiger partial charge is 0.351 e. The maximum atomic E-state index is 12.4. The van der Waals surface area contributed by atoms with Gasteiger partial charge in [0.1, 0.15) is 4.83 Å². The van der Waals surface area contributed by atoms with E-state index in [2.05, 4.69) is 51.5 Å². The van der Waals surface area contributed by atoms with Gasteiger partial charge in [-0.15, -0.1) is 11.3 Å². The Morgan fingerprint density at radius 1 is 1.28 bits per heavy atom. The molecule has 0 spiro atoms. The van der Waals surface area contributed by atoms with Crippen molar-refractivity contribution in [2.45, 2.75) is 19.9 Å². The van der Waals surface area contributed by atoms with Crippen molar-refractivity contribution in [1.82, 2.24) is 19.7 Å². The third kappa shape index (κ3) is 2.93.